The minimum absolute atomic E-state index is 0. The number of hydrogen-bond acceptors (Lipinski definition) is 2. The summed E-state index contributed by atoms with van der Waals surface area (Å²) in [4.78, 5) is 29.2. The number of nitrogens with zero attached hydrogens (tertiary/aromatic N) is 4. The lowest BCUT2D eigenvalue weighted by atomic mass is 10.1. The minimum Gasteiger partial charge on any atom is -1.00 e. The molecule has 230 valence electrons. The summed E-state index contributed by atoms with van der Waals surface area (Å²) in [5.74, 6) is 0.206. The van der Waals surface area contributed by atoms with Gasteiger partial charge in [0.05, 0.1) is 11.1 Å². The van der Waals surface area contributed by atoms with Crippen LogP contribution in [0.1, 0.15) is 124 Å². The average molecular weight is 633 g/mol. The van der Waals surface area contributed by atoms with Crippen molar-refractivity contribution < 1.29 is 35.7 Å². The van der Waals surface area contributed by atoms with Crippen molar-refractivity contribution in [3.8, 4) is 0 Å². The van der Waals surface area contributed by atoms with E-state index in [0.717, 1.165) is 63.0 Å². The Morgan fingerprint density at radius 1 is 0.537 bits per heavy atom. The molecule has 7 heteroatoms. The SMILES string of the molecule is CCCCCC[n+]1ccc(C(=O)N(C)CCCCCCCCN(C)C(=O)c2cc[n+](CCCCCC)cc2)cc1.[Br-]. The molecular formula is C34H56BrN4O2+. The second-order valence-corrected chi connectivity index (χ2v) is 11.3. The Morgan fingerprint density at radius 2 is 0.854 bits per heavy atom. The highest BCUT2D eigenvalue weighted by Crippen LogP contribution is 2.10. The smallest absolute Gasteiger partial charge is 0.254 e. The van der Waals surface area contributed by atoms with Crippen LogP contribution >= 0.6 is 0 Å². The zero-order chi connectivity index (χ0) is 29.0. The molecule has 41 heavy (non-hydrogen) atoms. The van der Waals surface area contributed by atoms with Crippen molar-refractivity contribution in [2.24, 2.45) is 0 Å². The molecule has 0 spiro atoms. The van der Waals surface area contributed by atoms with Crippen molar-refractivity contribution in [2.75, 3.05) is 27.2 Å². The third-order valence-corrected chi connectivity index (χ3v) is 7.75. The molecule has 6 nitrogen and oxygen atoms in total. The van der Waals surface area contributed by atoms with E-state index in [0.29, 0.717) is 0 Å². The standard InChI is InChI=1S/C34H56N4O2.BrH/c1-5-7-9-17-25-37-27-19-31(20-28-37)33(39)35(3)23-15-13-11-12-14-16-24-36(4)34(40)32-21-29-38(30-22-32)26-18-10-8-6-2;/h19-22,27-30H,5-18,23-26H2,1-4H3;1H/q+2;/p-1. The molecule has 0 bridgehead atoms. The predicted octanol–water partition coefficient (Wildman–Crippen LogP) is 3.61. The number of carbonyl (C=O) groups is 2. The summed E-state index contributed by atoms with van der Waals surface area (Å²) in [6.07, 6.45) is 24.7. The molecule has 2 heterocycles. The van der Waals surface area contributed by atoms with Gasteiger partial charge in [-0.3, -0.25) is 9.59 Å². The first-order chi connectivity index (χ1) is 19.5. The Labute approximate surface area is 260 Å². The molecule has 0 aromatic carbocycles. The van der Waals surface area contributed by atoms with E-state index in [2.05, 4.69) is 23.0 Å². The number of aryl methyl sites for hydroxylation is 2. The third-order valence-electron chi connectivity index (χ3n) is 7.75. The normalized spacial score (nSPS) is 10.7. The summed E-state index contributed by atoms with van der Waals surface area (Å²) in [6, 6.07) is 7.79. The van der Waals surface area contributed by atoms with E-state index in [9.17, 15) is 9.59 Å². The zero-order valence-electron chi connectivity index (χ0n) is 26.3. The highest BCUT2D eigenvalue weighted by Gasteiger charge is 2.14. The molecular weight excluding hydrogens is 576 g/mol. The summed E-state index contributed by atoms with van der Waals surface area (Å²) in [6.45, 7) is 8.07. The van der Waals surface area contributed by atoms with Crippen LogP contribution in [0.25, 0.3) is 0 Å². The largest absolute Gasteiger partial charge is 1.00 e. The maximum atomic E-state index is 12.7. The number of carbonyl (C=O) groups excluding carboxylic acids is 2. The number of rotatable bonds is 21. The van der Waals surface area contributed by atoms with Crippen LogP contribution in [0.4, 0.5) is 0 Å². The van der Waals surface area contributed by atoms with Crippen LogP contribution < -0.4 is 26.1 Å². The first-order valence-electron chi connectivity index (χ1n) is 15.9. The Bertz CT molecular complexity index is 886. The summed E-state index contributed by atoms with van der Waals surface area (Å²) >= 11 is 0. The van der Waals surface area contributed by atoms with Gasteiger partial charge in [-0.1, -0.05) is 65.2 Å². The molecule has 0 atom stereocenters. The Hall–Kier alpha value is -2.28. The van der Waals surface area contributed by atoms with Gasteiger partial charge in [0.2, 0.25) is 0 Å². The molecule has 0 radical (unpaired) electrons. The quantitative estimate of drug-likeness (QED) is 0.156. The van der Waals surface area contributed by atoms with Crippen molar-refractivity contribution in [3.05, 3.63) is 60.2 Å². The second-order valence-electron chi connectivity index (χ2n) is 11.3. The topological polar surface area (TPSA) is 48.4 Å². The van der Waals surface area contributed by atoms with Crippen LogP contribution in [-0.2, 0) is 13.1 Å². The summed E-state index contributed by atoms with van der Waals surface area (Å²) in [5.41, 5.74) is 1.53. The van der Waals surface area contributed by atoms with Gasteiger partial charge in [0.15, 0.2) is 24.8 Å². The zero-order valence-corrected chi connectivity index (χ0v) is 27.9. The molecule has 0 saturated heterocycles. The molecule has 2 amide bonds. The first-order valence-corrected chi connectivity index (χ1v) is 15.9. The van der Waals surface area contributed by atoms with Crippen LogP contribution in [-0.4, -0.2) is 48.8 Å². The maximum absolute atomic E-state index is 12.7. The molecule has 0 N–H and O–H groups in total. The number of unbranched alkanes of at least 4 members (excludes halogenated alkanes) is 11. The average Bonchev–Trinajstić information content (AvgIpc) is 2.98. The fourth-order valence-corrected chi connectivity index (χ4v) is 4.99. The molecule has 2 aromatic heterocycles. The van der Waals surface area contributed by atoms with E-state index < -0.39 is 0 Å². The van der Waals surface area contributed by atoms with Gasteiger partial charge >= 0.3 is 0 Å². The maximum Gasteiger partial charge on any atom is 0.254 e. The summed E-state index contributed by atoms with van der Waals surface area (Å²) in [7, 11) is 3.81. The van der Waals surface area contributed by atoms with Gasteiger partial charge in [-0.25, -0.2) is 9.13 Å². The fraction of sp³-hybridized carbons (Fsp3) is 0.647. The Morgan fingerprint density at radius 3 is 1.20 bits per heavy atom. The lowest BCUT2D eigenvalue weighted by Gasteiger charge is -2.17. The Kier molecular flexibility index (Phi) is 20.0. The van der Waals surface area contributed by atoms with E-state index in [1.165, 1.54) is 64.2 Å². The van der Waals surface area contributed by atoms with Gasteiger partial charge < -0.3 is 26.8 Å². The van der Waals surface area contributed by atoms with E-state index in [4.69, 9.17) is 0 Å². The lowest BCUT2D eigenvalue weighted by molar-refractivity contribution is -0.697. The monoisotopic (exact) mass is 631 g/mol. The molecule has 0 aliphatic rings. The van der Waals surface area contributed by atoms with E-state index in [-0.39, 0.29) is 28.8 Å². The van der Waals surface area contributed by atoms with E-state index >= 15 is 0 Å². The van der Waals surface area contributed by atoms with Crippen molar-refractivity contribution in [2.45, 2.75) is 117 Å². The van der Waals surface area contributed by atoms with Gasteiger partial charge in [0.1, 0.15) is 13.1 Å². The van der Waals surface area contributed by atoms with Gasteiger partial charge in [0.25, 0.3) is 11.8 Å². The number of amides is 2. The third kappa shape index (κ3) is 15.0. The fourth-order valence-electron chi connectivity index (χ4n) is 4.99. The predicted molar refractivity (Wildman–Crippen MR) is 163 cm³/mol. The number of aromatic nitrogens is 2. The van der Waals surface area contributed by atoms with Gasteiger partial charge in [-0.05, 0) is 25.7 Å². The second kappa shape index (κ2) is 22.3. The van der Waals surface area contributed by atoms with Crippen molar-refractivity contribution in [1.29, 1.82) is 0 Å². The van der Waals surface area contributed by atoms with Gasteiger partial charge in [-0.2, -0.15) is 0 Å². The summed E-state index contributed by atoms with van der Waals surface area (Å²) < 4.78 is 4.35. The highest BCUT2D eigenvalue weighted by molar-refractivity contribution is 5.94. The van der Waals surface area contributed by atoms with Crippen LogP contribution in [0.3, 0.4) is 0 Å². The van der Waals surface area contributed by atoms with Crippen molar-refractivity contribution in [1.82, 2.24) is 9.80 Å². The van der Waals surface area contributed by atoms with Crippen LogP contribution in [0, 0.1) is 0 Å². The minimum atomic E-state index is 0. The molecule has 0 unspecified atom stereocenters. The molecule has 2 rings (SSSR count). The van der Waals surface area contributed by atoms with Gasteiger partial charge in [-0.15, -0.1) is 0 Å². The van der Waals surface area contributed by atoms with E-state index in [1.54, 1.807) is 0 Å². The van der Waals surface area contributed by atoms with Crippen LogP contribution in [0.15, 0.2) is 49.1 Å². The lowest BCUT2D eigenvalue weighted by Crippen LogP contribution is -3.00. The van der Waals surface area contributed by atoms with Gasteiger partial charge in [0, 0.05) is 64.3 Å². The summed E-state index contributed by atoms with van der Waals surface area (Å²) in [5, 5.41) is 0. The Balaban J connectivity index is 0.00000840. The first kappa shape index (κ1) is 36.7. The molecule has 0 saturated carbocycles. The van der Waals surface area contributed by atoms with Crippen LogP contribution in [0.2, 0.25) is 0 Å². The molecule has 0 aliphatic heterocycles. The number of hydrogen-bond donors (Lipinski definition) is 0. The van der Waals surface area contributed by atoms with E-state index in [1.807, 2.05) is 72.9 Å². The number of halogens is 1. The molecule has 2 aromatic rings. The van der Waals surface area contributed by atoms with Crippen molar-refractivity contribution >= 4 is 11.8 Å². The highest BCUT2D eigenvalue weighted by atomic mass is 79.9. The number of pyridine rings is 2. The molecule has 0 aliphatic carbocycles. The van der Waals surface area contributed by atoms with Crippen molar-refractivity contribution in [3.63, 3.8) is 0 Å². The molecule has 0 fully saturated rings. The van der Waals surface area contributed by atoms with Crippen LogP contribution in [0.5, 0.6) is 0 Å².